The smallest absolute Gasteiger partial charge is 0.114 e. The predicted octanol–water partition coefficient (Wildman–Crippen LogP) is 4.39. The van der Waals surface area contributed by atoms with Gasteiger partial charge in [0.05, 0.1) is 22.9 Å². The normalized spacial score (nSPS) is 14.2. The van der Waals surface area contributed by atoms with E-state index >= 15 is 0 Å². The highest BCUT2D eigenvalue weighted by Crippen LogP contribution is 2.31. The molecule has 1 aliphatic rings. The highest BCUT2D eigenvalue weighted by atomic mass is 35.5. The average Bonchev–Trinajstić information content (AvgIpc) is 3.27. The lowest BCUT2D eigenvalue weighted by Crippen LogP contribution is -2.12. The monoisotopic (exact) mass is 361 g/mol. The number of oxime groups is 1. The third-order valence-corrected chi connectivity index (χ3v) is 4.46. The first-order valence-corrected chi connectivity index (χ1v) is 8.59. The molecule has 0 amide bonds. The number of hydrogen-bond acceptors (Lipinski definition) is 3. The van der Waals surface area contributed by atoms with Gasteiger partial charge >= 0.3 is 0 Å². The molecule has 24 heavy (non-hydrogen) atoms. The minimum absolute atomic E-state index is 0.442. The van der Waals surface area contributed by atoms with Crippen molar-refractivity contribution in [2.45, 2.75) is 26.3 Å². The van der Waals surface area contributed by atoms with Gasteiger partial charge in [0, 0.05) is 29.4 Å². The molecule has 0 radical (unpaired) electrons. The maximum Gasteiger partial charge on any atom is 0.114 e. The molecule has 0 unspecified atom stereocenters. The van der Waals surface area contributed by atoms with Crippen LogP contribution in [-0.4, -0.2) is 21.9 Å². The van der Waals surface area contributed by atoms with Crippen LogP contribution in [0.5, 0.6) is 0 Å². The van der Waals surface area contributed by atoms with E-state index in [1.54, 1.807) is 12.5 Å². The van der Waals surface area contributed by atoms with Crippen molar-refractivity contribution in [3.8, 4) is 11.8 Å². The van der Waals surface area contributed by atoms with Crippen LogP contribution in [0.4, 0.5) is 0 Å². The number of halogens is 2. The van der Waals surface area contributed by atoms with Gasteiger partial charge in [-0.1, -0.05) is 46.3 Å². The molecule has 0 spiro atoms. The Hall–Kier alpha value is -1.96. The first kappa shape index (κ1) is 16.9. The molecule has 1 aliphatic carbocycles. The van der Waals surface area contributed by atoms with Crippen molar-refractivity contribution in [2.24, 2.45) is 11.1 Å². The van der Waals surface area contributed by atoms with Gasteiger partial charge < -0.3 is 9.40 Å². The fourth-order valence-corrected chi connectivity index (χ4v) is 2.62. The SMILES string of the molecule is CCO/N=C(\Cn1ccnc1)c1ccc(C#CC2CC2)c(Cl)c1Cl. The van der Waals surface area contributed by atoms with E-state index in [2.05, 4.69) is 22.0 Å². The van der Waals surface area contributed by atoms with Crippen LogP contribution in [0.2, 0.25) is 10.0 Å². The van der Waals surface area contributed by atoms with Gasteiger partial charge in [-0.3, -0.25) is 0 Å². The molecule has 1 heterocycles. The van der Waals surface area contributed by atoms with Gasteiger partial charge in [-0.05, 0) is 25.8 Å². The van der Waals surface area contributed by atoms with Crippen LogP contribution in [0.15, 0.2) is 36.0 Å². The highest BCUT2D eigenvalue weighted by molar-refractivity contribution is 6.44. The lowest BCUT2D eigenvalue weighted by atomic mass is 10.1. The number of hydrogen-bond donors (Lipinski definition) is 0. The summed E-state index contributed by atoms with van der Waals surface area (Å²) >= 11 is 12.9. The zero-order valence-corrected chi connectivity index (χ0v) is 14.8. The largest absolute Gasteiger partial charge is 0.396 e. The minimum Gasteiger partial charge on any atom is -0.396 e. The molecule has 0 aliphatic heterocycles. The predicted molar refractivity (Wildman–Crippen MR) is 96.5 cm³/mol. The van der Waals surface area contributed by atoms with Gasteiger partial charge in [-0.25, -0.2) is 4.98 Å². The van der Waals surface area contributed by atoms with Crippen LogP contribution in [0, 0.1) is 17.8 Å². The third-order valence-electron chi connectivity index (χ3n) is 3.58. The summed E-state index contributed by atoms with van der Waals surface area (Å²) < 4.78 is 1.89. The van der Waals surface area contributed by atoms with Crippen molar-refractivity contribution in [3.63, 3.8) is 0 Å². The molecule has 1 fully saturated rings. The van der Waals surface area contributed by atoms with Crippen LogP contribution in [0.3, 0.4) is 0 Å². The molecule has 2 aromatic rings. The Morgan fingerprint density at radius 3 is 2.88 bits per heavy atom. The van der Waals surface area contributed by atoms with E-state index in [-0.39, 0.29) is 0 Å². The lowest BCUT2D eigenvalue weighted by molar-refractivity contribution is 0.158. The Bertz CT molecular complexity index is 800. The number of imidazole rings is 1. The van der Waals surface area contributed by atoms with Crippen LogP contribution in [-0.2, 0) is 11.4 Å². The van der Waals surface area contributed by atoms with Gasteiger partial charge in [0.15, 0.2) is 0 Å². The van der Waals surface area contributed by atoms with Gasteiger partial charge in [0.25, 0.3) is 0 Å². The summed E-state index contributed by atoms with van der Waals surface area (Å²) in [5.41, 5.74) is 2.17. The van der Waals surface area contributed by atoms with Crippen LogP contribution in [0.25, 0.3) is 0 Å². The first-order chi connectivity index (χ1) is 11.7. The maximum absolute atomic E-state index is 6.48. The molecule has 6 heteroatoms. The molecular formula is C18H17Cl2N3O. The second-order valence-electron chi connectivity index (χ2n) is 5.52. The minimum atomic E-state index is 0.442. The molecule has 1 saturated carbocycles. The summed E-state index contributed by atoms with van der Waals surface area (Å²) in [5, 5.41) is 5.09. The van der Waals surface area contributed by atoms with Gasteiger partial charge in [-0.2, -0.15) is 0 Å². The number of benzene rings is 1. The van der Waals surface area contributed by atoms with E-state index in [1.807, 2.05) is 29.8 Å². The van der Waals surface area contributed by atoms with Gasteiger partial charge in [0.1, 0.15) is 12.3 Å². The van der Waals surface area contributed by atoms with Crippen molar-refractivity contribution in [1.29, 1.82) is 0 Å². The Morgan fingerprint density at radius 1 is 1.38 bits per heavy atom. The standard InChI is InChI=1S/C18H17Cl2N3O/c1-2-24-22-16(11-23-10-9-21-12-23)15-8-7-14(17(19)18(15)20)6-5-13-3-4-13/h7-10,12-13H,2-4,11H2,1H3/b22-16+. The zero-order chi connectivity index (χ0) is 16.9. The summed E-state index contributed by atoms with van der Waals surface area (Å²) in [4.78, 5) is 9.28. The fourth-order valence-electron chi connectivity index (χ4n) is 2.14. The number of nitrogens with zero attached hydrogens (tertiary/aromatic N) is 3. The van der Waals surface area contributed by atoms with Crippen molar-refractivity contribution in [1.82, 2.24) is 9.55 Å². The zero-order valence-electron chi connectivity index (χ0n) is 13.3. The van der Waals surface area contributed by atoms with Crippen molar-refractivity contribution >= 4 is 28.9 Å². The second-order valence-corrected chi connectivity index (χ2v) is 6.28. The Kier molecular flexibility index (Phi) is 5.44. The molecule has 0 saturated heterocycles. The van der Waals surface area contributed by atoms with E-state index in [1.165, 1.54) is 12.8 Å². The molecule has 0 bridgehead atoms. The molecule has 3 rings (SSSR count). The van der Waals surface area contributed by atoms with Crippen LogP contribution in [0.1, 0.15) is 30.9 Å². The molecule has 1 aromatic heterocycles. The topological polar surface area (TPSA) is 39.4 Å². The molecule has 124 valence electrons. The van der Waals surface area contributed by atoms with Crippen LogP contribution < -0.4 is 0 Å². The summed E-state index contributed by atoms with van der Waals surface area (Å²) in [7, 11) is 0. The Balaban J connectivity index is 1.92. The van der Waals surface area contributed by atoms with E-state index in [4.69, 9.17) is 28.0 Å². The van der Waals surface area contributed by atoms with E-state index in [0.29, 0.717) is 34.8 Å². The summed E-state index contributed by atoms with van der Waals surface area (Å²) in [6, 6.07) is 3.77. The molecule has 1 aromatic carbocycles. The highest BCUT2D eigenvalue weighted by Gasteiger charge is 2.19. The van der Waals surface area contributed by atoms with E-state index < -0.39 is 0 Å². The fraction of sp³-hybridized carbons (Fsp3) is 0.333. The summed E-state index contributed by atoms with van der Waals surface area (Å²) in [6.45, 7) is 2.84. The van der Waals surface area contributed by atoms with Crippen molar-refractivity contribution in [2.75, 3.05) is 6.61 Å². The molecule has 0 atom stereocenters. The lowest BCUT2D eigenvalue weighted by Gasteiger charge is -2.11. The van der Waals surface area contributed by atoms with E-state index in [0.717, 1.165) is 11.1 Å². The number of aromatic nitrogens is 2. The maximum atomic E-state index is 6.48. The first-order valence-electron chi connectivity index (χ1n) is 7.83. The molecule has 0 N–H and O–H groups in total. The van der Waals surface area contributed by atoms with Crippen molar-refractivity contribution in [3.05, 3.63) is 52.0 Å². The molecule has 4 nitrogen and oxygen atoms in total. The Labute approximate surface area is 151 Å². The Morgan fingerprint density at radius 2 is 2.21 bits per heavy atom. The van der Waals surface area contributed by atoms with Crippen molar-refractivity contribution < 1.29 is 4.84 Å². The quantitative estimate of drug-likeness (QED) is 0.450. The average molecular weight is 362 g/mol. The molecular weight excluding hydrogens is 345 g/mol. The summed E-state index contributed by atoms with van der Waals surface area (Å²) in [5.74, 6) is 6.83. The number of rotatable bonds is 5. The van der Waals surface area contributed by atoms with E-state index in [9.17, 15) is 0 Å². The van der Waals surface area contributed by atoms with Gasteiger partial charge in [-0.15, -0.1) is 0 Å². The van der Waals surface area contributed by atoms with Gasteiger partial charge in [0.2, 0.25) is 0 Å². The summed E-state index contributed by atoms with van der Waals surface area (Å²) in [6.07, 6.45) is 7.63. The van der Waals surface area contributed by atoms with Crippen LogP contribution >= 0.6 is 23.2 Å². The third kappa shape index (κ3) is 4.11. The second kappa shape index (κ2) is 7.74.